The second kappa shape index (κ2) is 7.00. The molecule has 0 aromatic heterocycles. The Morgan fingerprint density at radius 2 is 1.76 bits per heavy atom. The van der Waals surface area contributed by atoms with Gasteiger partial charge in [0.05, 0.1) is 10.6 Å². The van der Waals surface area contributed by atoms with Crippen LogP contribution in [0.25, 0.3) is 0 Å². The van der Waals surface area contributed by atoms with E-state index in [-0.39, 0.29) is 11.9 Å². The van der Waals surface area contributed by atoms with Gasteiger partial charge in [-0.15, -0.1) is 0 Å². The van der Waals surface area contributed by atoms with Crippen molar-refractivity contribution in [3.05, 3.63) is 33.8 Å². The number of nitrogens with one attached hydrogen (secondary N) is 1. The van der Waals surface area contributed by atoms with Gasteiger partial charge in [0.1, 0.15) is 0 Å². The molecule has 1 N–H and O–H groups in total. The van der Waals surface area contributed by atoms with Crippen molar-refractivity contribution in [2.24, 2.45) is 0 Å². The van der Waals surface area contributed by atoms with Crippen LogP contribution >= 0.6 is 23.2 Å². The molecule has 2 rings (SSSR count). The maximum absolute atomic E-state index is 12.4. The van der Waals surface area contributed by atoms with E-state index in [1.807, 2.05) is 6.92 Å². The average Bonchev–Trinajstić information content (AvgIpc) is 2.47. The molecule has 21 heavy (non-hydrogen) atoms. The summed E-state index contributed by atoms with van der Waals surface area (Å²) < 4.78 is 0. The first-order valence-electron chi connectivity index (χ1n) is 6.80. The SMILES string of the molecule is CCNC(=O)N1CCN(C(=O)c2ccc(Cl)cc2Cl)CC1. The zero-order valence-electron chi connectivity index (χ0n) is 11.7. The van der Waals surface area contributed by atoms with Crippen LogP contribution in [0.2, 0.25) is 10.0 Å². The second-order valence-corrected chi connectivity index (χ2v) is 5.58. The van der Waals surface area contributed by atoms with Crippen LogP contribution in [0.3, 0.4) is 0 Å². The van der Waals surface area contributed by atoms with Gasteiger partial charge < -0.3 is 15.1 Å². The van der Waals surface area contributed by atoms with Crippen LogP contribution in [0.15, 0.2) is 18.2 Å². The first kappa shape index (κ1) is 15.9. The van der Waals surface area contributed by atoms with Crippen molar-refractivity contribution in [1.82, 2.24) is 15.1 Å². The van der Waals surface area contributed by atoms with Crippen molar-refractivity contribution in [3.8, 4) is 0 Å². The lowest BCUT2D eigenvalue weighted by molar-refractivity contribution is 0.0665. The molecular weight excluding hydrogens is 313 g/mol. The number of benzene rings is 1. The van der Waals surface area contributed by atoms with Crippen LogP contribution in [-0.4, -0.2) is 54.5 Å². The summed E-state index contributed by atoms with van der Waals surface area (Å²) in [7, 11) is 0. The number of piperazine rings is 1. The van der Waals surface area contributed by atoms with Gasteiger partial charge >= 0.3 is 6.03 Å². The van der Waals surface area contributed by atoms with E-state index in [9.17, 15) is 9.59 Å². The molecule has 1 aromatic carbocycles. The minimum Gasteiger partial charge on any atom is -0.338 e. The molecule has 7 heteroatoms. The fraction of sp³-hybridized carbons (Fsp3) is 0.429. The van der Waals surface area contributed by atoms with Gasteiger partial charge in [0.15, 0.2) is 0 Å². The third-order valence-corrected chi connectivity index (χ3v) is 3.89. The summed E-state index contributed by atoms with van der Waals surface area (Å²) >= 11 is 11.9. The van der Waals surface area contributed by atoms with Gasteiger partial charge in [-0.3, -0.25) is 4.79 Å². The molecule has 0 saturated carbocycles. The van der Waals surface area contributed by atoms with Crippen molar-refractivity contribution < 1.29 is 9.59 Å². The normalized spacial score (nSPS) is 15.0. The molecule has 1 saturated heterocycles. The molecule has 1 aliphatic heterocycles. The van der Waals surface area contributed by atoms with E-state index >= 15 is 0 Å². The Hall–Kier alpha value is -1.46. The zero-order valence-corrected chi connectivity index (χ0v) is 13.2. The fourth-order valence-corrected chi connectivity index (χ4v) is 2.70. The standard InChI is InChI=1S/C14H17Cl2N3O2/c1-2-17-14(21)19-7-5-18(6-8-19)13(20)11-4-3-10(15)9-12(11)16/h3-4,9H,2,5-8H2,1H3,(H,17,21). The molecule has 0 spiro atoms. The monoisotopic (exact) mass is 329 g/mol. The Morgan fingerprint density at radius 1 is 1.14 bits per heavy atom. The minimum absolute atomic E-state index is 0.0888. The van der Waals surface area contributed by atoms with E-state index in [1.54, 1.807) is 28.0 Å². The molecule has 1 heterocycles. The van der Waals surface area contributed by atoms with E-state index in [0.29, 0.717) is 48.3 Å². The summed E-state index contributed by atoms with van der Waals surface area (Å²) in [6, 6.07) is 4.74. The van der Waals surface area contributed by atoms with Gasteiger partial charge in [-0.1, -0.05) is 23.2 Å². The second-order valence-electron chi connectivity index (χ2n) is 4.74. The number of nitrogens with zero attached hydrogens (tertiary/aromatic N) is 2. The third kappa shape index (κ3) is 3.80. The molecule has 1 aromatic rings. The number of amides is 3. The van der Waals surface area contributed by atoms with E-state index in [2.05, 4.69) is 5.32 Å². The van der Waals surface area contributed by atoms with Crippen LogP contribution < -0.4 is 5.32 Å². The minimum atomic E-state index is -0.132. The molecule has 114 valence electrons. The van der Waals surface area contributed by atoms with Crippen molar-refractivity contribution in [2.45, 2.75) is 6.92 Å². The van der Waals surface area contributed by atoms with Crippen molar-refractivity contribution in [3.63, 3.8) is 0 Å². The van der Waals surface area contributed by atoms with Crippen molar-refractivity contribution in [1.29, 1.82) is 0 Å². The van der Waals surface area contributed by atoms with Gasteiger partial charge in [0, 0.05) is 37.7 Å². The van der Waals surface area contributed by atoms with E-state index in [0.717, 1.165) is 0 Å². The first-order valence-corrected chi connectivity index (χ1v) is 7.55. The van der Waals surface area contributed by atoms with Gasteiger partial charge in [-0.2, -0.15) is 0 Å². The molecule has 0 radical (unpaired) electrons. The van der Waals surface area contributed by atoms with Crippen molar-refractivity contribution in [2.75, 3.05) is 32.7 Å². The summed E-state index contributed by atoms with van der Waals surface area (Å²) in [4.78, 5) is 27.5. The summed E-state index contributed by atoms with van der Waals surface area (Å²) in [6.07, 6.45) is 0. The van der Waals surface area contributed by atoms with Crippen LogP contribution in [0, 0.1) is 0 Å². The number of halogens is 2. The highest BCUT2D eigenvalue weighted by molar-refractivity contribution is 6.36. The highest BCUT2D eigenvalue weighted by Crippen LogP contribution is 2.22. The van der Waals surface area contributed by atoms with E-state index < -0.39 is 0 Å². The predicted octanol–water partition coefficient (Wildman–Crippen LogP) is 2.48. The molecule has 3 amide bonds. The zero-order chi connectivity index (χ0) is 15.4. The molecule has 0 bridgehead atoms. The van der Waals surface area contributed by atoms with Crippen LogP contribution in [0.4, 0.5) is 4.79 Å². The van der Waals surface area contributed by atoms with Crippen LogP contribution in [0.1, 0.15) is 17.3 Å². The molecule has 0 unspecified atom stereocenters. The predicted molar refractivity (Wildman–Crippen MR) is 83.0 cm³/mol. The maximum Gasteiger partial charge on any atom is 0.317 e. The lowest BCUT2D eigenvalue weighted by Gasteiger charge is -2.34. The largest absolute Gasteiger partial charge is 0.338 e. The Bertz CT molecular complexity index is 543. The lowest BCUT2D eigenvalue weighted by atomic mass is 10.2. The topological polar surface area (TPSA) is 52.7 Å². The summed E-state index contributed by atoms with van der Waals surface area (Å²) in [5.41, 5.74) is 0.438. The Kier molecular flexibility index (Phi) is 5.31. The first-order chi connectivity index (χ1) is 10.0. The van der Waals surface area contributed by atoms with Crippen LogP contribution in [-0.2, 0) is 0 Å². The molecule has 5 nitrogen and oxygen atoms in total. The number of rotatable bonds is 2. The molecule has 0 atom stereocenters. The van der Waals surface area contributed by atoms with Gasteiger partial charge in [0.25, 0.3) is 5.91 Å². The highest BCUT2D eigenvalue weighted by atomic mass is 35.5. The number of hydrogen-bond acceptors (Lipinski definition) is 2. The number of carbonyl (C=O) groups excluding carboxylic acids is 2. The van der Waals surface area contributed by atoms with Gasteiger partial charge in [0.2, 0.25) is 0 Å². The molecule has 1 aliphatic rings. The van der Waals surface area contributed by atoms with Gasteiger partial charge in [-0.05, 0) is 25.1 Å². The fourth-order valence-electron chi connectivity index (χ4n) is 2.21. The van der Waals surface area contributed by atoms with Crippen LogP contribution in [0.5, 0.6) is 0 Å². The summed E-state index contributed by atoms with van der Waals surface area (Å²) in [5.74, 6) is -0.132. The molecule has 0 aliphatic carbocycles. The Balaban J connectivity index is 1.98. The number of hydrogen-bond donors (Lipinski definition) is 1. The Labute approximate surface area is 133 Å². The third-order valence-electron chi connectivity index (χ3n) is 3.34. The maximum atomic E-state index is 12.4. The number of carbonyl (C=O) groups is 2. The lowest BCUT2D eigenvalue weighted by Crippen LogP contribution is -2.53. The highest BCUT2D eigenvalue weighted by Gasteiger charge is 2.25. The number of urea groups is 1. The molecular formula is C14H17Cl2N3O2. The van der Waals surface area contributed by atoms with E-state index in [4.69, 9.17) is 23.2 Å². The average molecular weight is 330 g/mol. The summed E-state index contributed by atoms with van der Waals surface area (Å²) in [5, 5.41) is 3.60. The smallest absolute Gasteiger partial charge is 0.317 e. The molecule has 1 fully saturated rings. The quantitative estimate of drug-likeness (QED) is 0.906. The van der Waals surface area contributed by atoms with Gasteiger partial charge in [-0.25, -0.2) is 4.79 Å². The Morgan fingerprint density at radius 3 is 2.33 bits per heavy atom. The summed E-state index contributed by atoms with van der Waals surface area (Å²) in [6.45, 7) is 4.49. The van der Waals surface area contributed by atoms with E-state index in [1.165, 1.54) is 0 Å². The van der Waals surface area contributed by atoms with Crippen molar-refractivity contribution >= 4 is 35.1 Å².